The Bertz CT molecular complexity index is 1390. The quantitative estimate of drug-likeness (QED) is 0.447. The van der Waals surface area contributed by atoms with Gasteiger partial charge in [0.2, 0.25) is 21.9 Å². The molecule has 0 atom stereocenters. The minimum Gasteiger partial charge on any atom is -0.325 e. The van der Waals surface area contributed by atoms with Gasteiger partial charge in [0.1, 0.15) is 5.82 Å². The highest BCUT2D eigenvalue weighted by Gasteiger charge is 2.26. The summed E-state index contributed by atoms with van der Waals surface area (Å²) in [7, 11) is -2.49. The maximum atomic E-state index is 14.6. The van der Waals surface area contributed by atoms with Crippen molar-refractivity contribution in [2.45, 2.75) is 19.5 Å². The Morgan fingerprint density at radius 3 is 2.69 bits per heavy atom. The molecule has 3 heterocycles. The third-order valence-electron chi connectivity index (χ3n) is 5.23. The van der Waals surface area contributed by atoms with Gasteiger partial charge < -0.3 is 10.6 Å². The SMILES string of the molecule is CN(c1ncccc1CN(c1nc(Nc2ccc3c(c2)NC(=O)C3)ncc1F)C(F)F)S(C)(=O)=O. The molecule has 2 N–H and O–H groups in total. The second-order valence-electron chi connectivity index (χ2n) is 7.71. The minimum absolute atomic E-state index is 0.0753. The number of rotatable bonds is 8. The lowest BCUT2D eigenvalue weighted by Crippen LogP contribution is -2.32. The van der Waals surface area contributed by atoms with Crippen LogP contribution in [0.4, 0.5) is 42.1 Å². The lowest BCUT2D eigenvalue weighted by Gasteiger charge is -2.26. The summed E-state index contributed by atoms with van der Waals surface area (Å²) in [6, 6.07) is 7.86. The highest BCUT2D eigenvalue weighted by molar-refractivity contribution is 7.92. The minimum atomic E-state index is -3.73. The van der Waals surface area contributed by atoms with Crippen LogP contribution in [0.1, 0.15) is 11.1 Å². The van der Waals surface area contributed by atoms with E-state index < -0.39 is 34.8 Å². The van der Waals surface area contributed by atoms with Crippen molar-refractivity contribution in [1.82, 2.24) is 15.0 Å². The van der Waals surface area contributed by atoms with Crippen molar-refractivity contribution < 1.29 is 26.4 Å². The van der Waals surface area contributed by atoms with Gasteiger partial charge in [0.05, 0.1) is 25.4 Å². The molecule has 35 heavy (non-hydrogen) atoms. The normalized spacial score (nSPS) is 12.9. The van der Waals surface area contributed by atoms with Gasteiger partial charge in [-0.15, -0.1) is 0 Å². The molecule has 184 valence electrons. The summed E-state index contributed by atoms with van der Waals surface area (Å²) in [5, 5.41) is 5.50. The number of nitrogens with one attached hydrogen (secondary N) is 2. The van der Waals surface area contributed by atoms with Crippen molar-refractivity contribution >= 4 is 44.9 Å². The topological polar surface area (TPSA) is 120 Å². The fourth-order valence-corrected chi connectivity index (χ4v) is 3.93. The highest BCUT2D eigenvalue weighted by Crippen LogP contribution is 2.30. The van der Waals surface area contributed by atoms with E-state index in [-0.39, 0.29) is 29.7 Å². The Hall–Kier alpha value is -3.94. The van der Waals surface area contributed by atoms with Crippen LogP contribution in [0, 0.1) is 5.82 Å². The molecule has 4 rings (SSSR count). The van der Waals surface area contributed by atoms with Crippen LogP contribution in [-0.4, -0.2) is 49.1 Å². The first-order valence-electron chi connectivity index (χ1n) is 10.2. The molecular formula is C21H20F3N7O3S. The smallest absolute Gasteiger partial charge is 0.316 e. The van der Waals surface area contributed by atoms with E-state index in [1.54, 1.807) is 18.2 Å². The molecule has 1 aromatic carbocycles. The first-order chi connectivity index (χ1) is 16.5. The molecule has 0 saturated heterocycles. The number of nitrogens with zero attached hydrogens (tertiary/aromatic N) is 5. The van der Waals surface area contributed by atoms with Crippen LogP contribution < -0.4 is 19.8 Å². The zero-order chi connectivity index (χ0) is 25.3. The van der Waals surface area contributed by atoms with E-state index in [9.17, 15) is 26.4 Å². The molecule has 1 aliphatic rings. The number of pyridine rings is 1. The highest BCUT2D eigenvalue weighted by atomic mass is 32.2. The van der Waals surface area contributed by atoms with Crippen LogP contribution in [0.25, 0.3) is 0 Å². The summed E-state index contributed by atoms with van der Waals surface area (Å²) in [6.07, 6.45) is 3.27. The summed E-state index contributed by atoms with van der Waals surface area (Å²) in [5.41, 5.74) is 1.96. The summed E-state index contributed by atoms with van der Waals surface area (Å²) in [4.78, 5) is 23.6. The Morgan fingerprint density at radius 2 is 1.97 bits per heavy atom. The number of halogens is 3. The number of amides is 1. The van der Waals surface area contributed by atoms with Crippen molar-refractivity contribution in [3.8, 4) is 0 Å². The third-order valence-corrected chi connectivity index (χ3v) is 6.40. The Labute approximate surface area is 198 Å². The van der Waals surface area contributed by atoms with Gasteiger partial charge in [0.15, 0.2) is 11.6 Å². The number of alkyl halides is 2. The predicted octanol–water partition coefficient (Wildman–Crippen LogP) is 2.87. The molecule has 1 amide bonds. The molecule has 0 saturated carbocycles. The average molecular weight is 507 g/mol. The molecule has 0 radical (unpaired) electrons. The maximum Gasteiger partial charge on any atom is 0.316 e. The largest absolute Gasteiger partial charge is 0.325 e. The van der Waals surface area contributed by atoms with Crippen LogP contribution in [-0.2, 0) is 27.8 Å². The summed E-state index contributed by atoms with van der Waals surface area (Å²) >= 11 is 0. The maximum absolute atomic E-state index is 14.6. The van der Waals surface area contributed by atoms with Gasteiger partial charge in [0.25, 0.3) is 0 Å². The fourth-order valence-electron chi connectivity index (χ4n) is 3.46. The van der Waals surface area contributed by atoms with Gasteiger partial charge in [-0.3, -0.25) is 14.0 Å². The number of fused-ring (bicyclic) bond motifs is 1. The molecule has 0 spiro atoms. The van der Waals surface area contributed by atoms with Crippen LogP contribution in [0.2, 0.25) is 0 Å². The number of carbonyl (C=O) groups is 1. The number of benzene rings is 1. The Morgan fingerprint density at radius 1 is 1.20 bits per heavy atom. The van der Waals surface area contributed by atoms with E-state index >= 15 is 0 Å². The first kappa shape index (κ1) is 24.2. The van der Waals surface area contributed by atoms with Crippen molar-refractivity contribution in [3.05, 3.63) is 59.7 Å². The first-order valence-corrected chi connectivity index (χ1v) is 12.0. The molecule has 10 nitrogen and oxygen atoms in total. The van der Waals surface area contributed by atoms with E-state index in [1.807, 2.05) is 0 Å². The van der Waals surface area contributed by atoms with Crippen LogP contribution in [0.5, 0.6) is 0 Å². The van der Waals surface area contributed by atoms with Crippen LogP contribution in [0.3, 0.4) is 0 Å². The zero-order valence-electron chi connectivity index (χ0n) is 18.5. The van der Waals surface area contributed by atoms with Gasteiger partial charge >= 0.3 is 6.55 Å². The second kappa shape index (κ2) is 9.37. The zero-order valence-corrected chi connectivity index (χ0v) is 19.4. The van der Waals surface area contributed by atoms with E-state index in [0.29, 0.717) is 16.3 Å². The molecular weight excluding hydrogens is 487 g/mol. The lowest BCUT2D eigenvalue weighted by atomic mass is 10.1. The number of sulfonamides is 1. The molecule has 14 heteroatoms. The number of anilines is 5. The molecule has 0 fully saturated rings. The van der Waals surface area contributed by atoms with Crippen molar-refractivity contribution in [2.24, 2.45) is 0 Å². The van der Waals surface area contributed by atoms with Gasteiger partial charge in [-0.2, -0.15) is 13.8 Å². The third kappa shape index (κ3) is 5.26. The summed E-state index contributed by atoms with van der Waals surface area (Å²) in [5.74, 6) is -2.17. The molecule has 1 aliphatic heterocycles. The number of aromatic nitrogens is 3. The number of carbonyl (C=O) groups excluding carboxylic acids is 1. The lowest BCUT2D eigenvalue weighted by molar-refractivity contribution is -0.115. The van der Waals surface area contributed by atoms with E-state index in [4.69, 9.17) is 0 Å². The number of hydrogen-bond acceptors (Lipinski definition) is 8. The Kier molecular flexibility index (Phi) is 6.47. The average Bonchev–Trinajstić information content (AvgIpc) is 3.17. The van der Waals surface area contributed by atoms with E-state index in [2.05, 4.69) is 25.6 Å². The van der Waals surface area contributed by atoms with E-state index in [0.717, 1.165) is 22.3 Å². The van der Waals surface area contributed by atoms with Gasteiger partial charge in [-0.1, -0.05) is 12.1 Å². The van der Waals surface area contributed by atoms with Gasteiger partial charge in [0, 0.05) is 30.2 Å². The van der Waals surface area contributed by atoms with Gasteiger partial charge in [-0.05, 0) is 23.8 Å². The fraction of sp³-hybridized carbons (Fsp3) is 0.238. The second-order valence-corrected chi connectivity index (χ2v) is 9.72. The van der Waals surface area contributed by atoms with Gasteiger partial charge in [-0.25, -0.2) is 22.8 Å². The van der Waals surface area contributed by atoms with Crippen molar-refractivity contribution in [3.63, 3.8) is 0 Å². The van der Waals surface area contributed by atoms with Crippen molar-refractivity contribution in [1.29, 1.82) is 0 Å². The molecule has 2 aromatic heterocycles. The molecule has 0 bridgehead atoms. The molecule has 3 aromatic rings. The van der Waals surface area contributed by atoms with E-state index in [1.165, 1.54) is 25.4 Å². The monoisotopic (exact) mass is 507 g/mol. The molecule has 0 unspecified atom stereocenters. The predicted molar refractivity (Wildman–Crippen MR) is 124 cm³/mol. The number of hydrogen-bond donors (Lipinski definition) is 2. The Balaban J connectivity index is 1.64. The standard InChI is InChI=1S/C21H20F3N7O3S/c1-30(35(2,33)34)18-13(4-3-7-25-18)11-31(20(23)24)19-15(22)10-26-21(29-19)27-14-6-5-12-8-17(32)28-16(12)9-14/h3-7,9-10,20H,8,11H2,1-2H3,(H,28,32)(H,26,27,29). The summed E-state index contributed by atoms with van der Waals surface area (Å²) in [6.45, 7) is -3.77. The van der Waals surface area contributed by atoms with Crippen LogP contribution >= 0.6 is 0 Å². The molecule has 0 aliphatic carbocycles. The summed E-state index contributed by atoms with van der Waals surface area (Å²) < 4.78 is 67.4. The van der Waals surface area contributed by atoms with Crippen LogP contribution in [0.15, 0.2) is 42.7 Å². The van der Waals surface area contributed by atoms with Crippen molar-refractivity contribution in [2.75, 3.05) is 33.1 Å².